The zero-order valence-electron chi connectivity index (χ0n) is 9.90. The molecule has 3 heteroatoms. The average molecular weight is 273 g/mol. The third-order valence-electron chi connectivity index (χ3n) is 3.07. The molecule has 0 saturated carbocycles. The van der Waals surface area contributed by atoms with Crippen molar-refractivity contribution in [2.45, 2.75) is 0 Å². The summed E-state index contributed by atoms with van der Waals surface area (Å²) >= 11 is 6.18. The van der Waals surface area contributed by atoms with Crippen LogP contribution in [0, 0.1) is 5.82 Å². The largest absolute Gasteiger partial charge is 0.508 e. The molecule has 3 aromatic carbocycles. The van der Waals surface area contributed by atoms with E-state index in [0.717, 1.165) is 21.9 Å². The number of phenolic OH excluding ortho intramolecular Hbond substituents is 1. The van der Waals surface area contributed by atoms with Crippen molar-refractivity contribution >= 4 is 22.4 Å². The maximum atomic E-state index is 13.4. The van der Waals surface area contributed by atoms with Crippen LogP contribution in [0.15, 0.2) is 54.6 Å². The Hall–Kier alpha value is -2.06. The van der Waals surface area contributed by atoms with Crippen molar-refractivity contribution in [1.82, 2.24) is 0 Å². The SMILES string of the molecule is Oc1cc(-c2ccccc2Cl)c2cc(F)ccc2c1. The second-order valence-electron chi connectivity index (χ2n) is 4.34. The first kappa shape index (κ1) is 12.0. The maximum Gasteiger partial charge on any atom is 0.123 e. The Bertz CT molecular complexity index is 768. The zero-order chi connectivity index (χ0) is 13.4. The maximum absolute atomic E-state index is 13.4. The lowest BCUT2D eigenvalue weighted by atomic mass is 9.97. The van der Waals surface area contributed by atoms with Gasteiger partial charge in [0.25, 0.3) is 0 Å². The van der Waals surface area contributed by atoms with Gasteiger partial charge >= 0.3 is 0 Å². The summed E-state index contributed by atoms with van der Waals surface area (Å²) in [6.07, 6.45) is 0. The van der Waals surface area contributed by atoms with Crippen molar-refractivity contribution in [3.05, 3.63) is 65.4 Å². The van der Waals surface area contributed by atoms with Gasteiger partial charge in [0.1, 0.15) is 11.6 Å². The van der Waals surface area contributed by atoms with E-state index < -0.39 is 0 Å². The third kappa shape index (κ3) is 2.15. The Morgan fingerprint density at radius 1 is 0.895 bits per heavy atom. The van der Waals surface area contributed by atoms with Crippen molar-refractivity contribution in [1.29, 1.82) is 0 Å². The molecule has 0 radical (unpaired) electrons. The van der Waals surface area contributed by atoms with E-state index in [1.807, 2.05) is 18.2 Å². The van der Waals surface area contributed by atoms with Gasteiger partial charge in [0.05, 0.1) is 0 Å². The number of rotatable bonds is 1. The zero-order valence-corrected chi connectivity index (χ0v) is 10.7. The summed E-state index contributed by atoms with van der Waals surface area (Å²) in [5.41, 5.74) is 1.50. The summed E-state index contributed by atoms with van der Waals surface area (Å²) in [5, 5.41) is 11.9. The molecule has 0 bridgehead atoms. The Balaban J connectivity index is 2.40. The van der Waals surface area contributed by atoms with Crippen molar-refractivity contribution in [2.75, 3.05) is 0 Å². The number of fused-ring (bicyclic) bond motifs is 1. The van der Waals surface area contributed by atoms with Gasteiger partial charge in [-0.05, 0) is 46.7 Å². The van der Waals surface area contributed by atoms with Crippen LogP contribution in [0.5, 0.6) is 5.75 Å². The molecule has 3 rings (SSSR count). The number of benzene rings is 3. The van der Waals surface area contributed by atoms with Gasteiger partial charge in [0.15, 0.2) is 0 Å². The molecule has 0 aliphatic carbocycles. The van der Waals surface area contributed by atoms with Crippen molar-refractivity contribution < 1.29 is 9.50 Å². The first-order valence-corrected chi connectivity index (χ1v) is 6.20. The van der Waals surface area contributed by atoms with Crippen LogP contribution in [0.4, 0.5) is 4.39 Å². The predicted octanol–water partition coefficient (Wildman–Crippen LogP) is 5.00. The molecule has 0 atom stereocenters. The third-order valence-corrected chi connectivity index (χ3v) is 3.39. The van der Waals surface area contributed by atoms with Crippen LogP contribution in [0.25, 0.3) is 21.9 Å². The Labute approximate surface area is 114 Å². The van der Waals surface area contributed by atoms with Gasteiger partial charge in [0, 0.05) is 10.6 Å². The lowest BCUT2D eigenvalue weighted by molar-refractivity contribution is 0.476. The van der Waals surface area contributed by atoms with Gasteiger partial charge in [-0.25, -0.2) is 4.39 Å². The Kier molecular flexibility index (Phi) is 2.88. The molecule has 19 heavy (non-hydrogen) atoms. The normalized spacial score (nSPS) is 10.8. The molecule has 0 amide bonds. The quantitative estimate of drug-likeness (QED) is 0.660. The van der Waals surface area contributed by atoms with E-state index in [9.17, 15) is 9.50 Å². The molecule has 1 nitrogen and oxygen atoms in total. The highest BCUT2D eigenvalue weighted by molar-refractivity contribution is 6.33. The Morgan fingerprint density at radius 3 is 2.47 bits per heavy atom. The van der Waals surface area contributed by atoms with Crippen LogP contribution in [0.3, 0.4) is 0 Å². The standard InChI is InChI=1S/C16H10ClFO/c17-16-4-2-1-3-13(16)15-9-12(19)7-10-5-6-11(18)8-14(10)15/h1-9,19H. The van der Waals surface area contributed by atoms with Gasteiger partial charge in [-0.2, -0.15) is 0 Å². The van der Waals surface area contributed by atoms with E-state index >= 15 is 0 Å². The molecule has 0 unspecified atom stereocenters. The van der Waals surface area contributed by atoms with Crippen LogP contribution in [0.2, 0.25) is 5.02 Å². The summed E-state index contributed by atoms with van der Waals surface area (Å²) in [7, 11) is 0. The average Bonchev–Trinajstić information content (AvgIpc) is 2.39. The predicted molar refractivity (Wildman–Crippen MR) is 76.0 cm³/mol. The fourth-order valence-electron chi connectivity index (χ4n) is 2.22. The number of phenols is 1. The molecule has 1 N–H and O–H groups in total. The molecule has 94 valence electrons. The molecule has 0 aliphatic heterocycles. The molecule has 0 aromatic heterocycles. The lowest BCUT2D eigenvalue weighted by Crippen LogP contribution is -1.84. The highest BCUT2D eigenvalue weighted by atomic mass is 35.5. The lowest BCUT2D eigenvalue weighted by Gasteiger charge is -2.10. The monoisotopic (exact) mass is 272 g/mol. The summed E-state index contributed by atoms with van der Waals surface area (Å²) < 4.78 is 13.4. The first-order valence-electron chi connectivity index (χ1n) is 5.82. The molecule has 0 aliphatic rings. The summed E-state index contributed by atoms with van der Waals surface area (Å²) in [6, 6.07) is 15.0. The Morgan fingerprint density at radius 2 is 1.68 bits per heavy atom. The highest BCUT2D eigenvalue weighted by Gasteiger charge is 2.09. The van der Waals surface area contributed by atoms with Gasteiger partial charge in [-0.3, -0.25) is 0 Å². The van der Waals surface area contributed by atoms with Crippen LogP contribution in [0.1, 0.15) is 0 Å². The molecular formula is C16H10ClFO. The van der Waals surface area contributed by atoms with Crippen molar-refractivity contribution in [3.63, 3.8) is 0 Å². The van der Waals surface area contributed by atoms with Crippen LogP contribution >= 0.6 is 11.6 Å². The first-order chi connectivity index (χ1) is 9.15. The molecular weight excluding hydrogens is 263 g/mol. The molecule has 3 aromatic rings. The minimum absolute atomic E-state index is 0.133. The van der Waals surface area contributed by atoms with E-state index in [-0.39, 0.29) is 11.6 Å². The van der Waals surface area contributed by atoms with Crippen LogP contribution in [-0.4, -0.2) is 5.11 Å². The molecule has 0 heterocycles. The topological polar surface area (TPSA) is 20.2 Å². The molecule has 0 saturated heterocycles. The number of halogens is 2. The van der Waals surface area contributed by atoms with E-state index in [4.69, 9.17) is 11.6 Å². The van der Waals surface area contributed by atoms with Gasteiger partial charge in [-0.15, -0.1) is 0 Å². The highest BCUT2D eigenvalue weighted by Crippen LogP contribution is 2.36. The van der Waals surface area contributed by atoms with Crippen LogP contribution < -0.4 is 0 Å². The number of hydrogen-bond donors (Lipinski definition) is 1. The van der Waals surface area contributed by atoms with Gasteiger partial charge in [-0.1, -0.05) is 35.9 Å². The second kappa shape index (κ2) is 4.56. The summed E-state index contributed by atoms with van der Waals surface area (Å²) in [4.78, 5) is 0. The summed E-state index contributed by atoms with van der Waals surface area (Å²) in [6.45, 7) is 0. The fourth-order valence-corrected chi connectivity index (χ4v) is 2.45. The van der Waals surface area contributed by atoms with Gasteiger partial charge < -0.3 is 5.11 Å². The number of hydrogen-bond acceptors (Lipinski definition) is 1. The number of aromatic hydroxyl groups is 1. The van der Waals surface area contributed by atoms with E-state index in [1.165, 1.54) is 12.1 Å². The van der Waals surface area contributed by atoms with Crippen molar-refractivity contribution in [2.24, 2.45) is 0 Å². The smallest absolute Gasteiger partial charge is 0.123 e. The van der Waals surface area contributed by atoms with Gasteiger partial charge in [0.2, 0.25) is 0 Å². The minimum Gasteiger partial charge on any atom is -0.508 e. The molecule has 0 spiro atoms. The van der Waals surface area contributed by atoms with E-state index in [0.29, 0.717) is 5.02 Å². The van der Waals surface area contributed by atoms with Crippen molar-refractivity contribution in [3.8, 4) is 16.9 Å². The van der Waals surface area contributed by atoms with Crippen LogP contribution in [-0.2, 0) is 0 Å². The minimum atomic E-state index is -0.313. The second-order valence-corrected chi connectivity index (χ2v) is 4.75. The van der Waals surface area contributed by atoms with E-state index in [2.05, 4.69) is 0 Å². The molecule has 0 fully saturated rings. The fraction of sp³-hybridized carbons (Fsp3) is 0. The van der Waals surface area contributed by atoms with E-state index in [1.54, 1.807) is 24.3 Å². The summed E-state index contributed by atoms with van der Waals surface area (Å²) in [5.74, 6) is -0.180.